The first kappa shape index (κ1) is 22.3. The first-order valence-electron chi connectivity index (χ1n) is 10.2. The number of thiocarbonyl (C=S) groups is 1. The highest BCUT2D eigenvalue weighted by Crippen LogP contribution is 2.33. The van der Waals surface area contributed by atoms with Gasteiger partial charge in [-0.25, -0.2) is 9.18 Å². The molecule has 0 bridgehead atoms. The first-order chi connectivity index (χ1) is 15.4. The predicted octanol–water partition coefficient (Wildman–Crippen LogP) is 3.89. The van der Waals surface area contributed by atoms with Crippen LogP contribution in [0, 0.1) is 5.82 Å². The Bertz CT molecular complexity index is 1030. The van der Waals surface area contributed by atoms with Gasteiger partial charge in [-0.1, -0.05) is 11.8 Å². The Hall–Kier alpha value is -2.85. The molecule has 0 unspecified atom stereocenters. The zero-order valence-corrected chi connectivity index (χ0v) is 19.0. The van der Waals surface area contributed by atoms with Crippen LogP contribution in [-0.2, 0) is 9.53 Å². The van der Waals surface area contributed by atoms with E-state index in [-0.39, 0.29) is 12.0 Å². The van der Waals surface area contributed by atoms with Crippen molar-refractivity contribution < 1.29 is 18.7 Å². The molecule has 2 aliphatic rings. The molecule has 2 amide bonds. The average Bonchev–Trinajstić information content (AvgIpc) is 3.48. The molecule has 1 saturated heterocycles. The van der Waals surface area contributed by atoms with E-state index in [4.69, 9.17) is 17.0 Å². The minimum absolute atomic E-state index is 0.150. The third-order valence-electron chi connectivity index (χ3n) is 4.91. The lowest BCUT2D eigenvalue weighted by atomic mass is 10.2. The van der Waals surface area contributed by atoms with Gasteiger partial charge < -0.3 is 20.7 Å². The van der Waals surface area contributed by atoms with Crippen LogP contribution < -0.4 is 20.9 Å². The molecule has 1 atom stereocenters. The summed E-state index contributed by atoms with van der Waals surface area (Å²) >= 11 is 6.48. The maximum atomic E-state index is 14.8. The first-order valence-corrected chi connectivity index (χ1v) is 11.5. The zero-order chi connectivity index (χ0) is 22.7. The summed E-state index contributed by atoms with van der Waals surface area (Å²) in [6, 6.07) is 12.3. The molecule has 1 aliphatic carbocycles. The number of anilines is 2. The van der Waals surface area contributed by atoms with Crippen LogP contribution in [0.15, 0.2) is 52.3 Å². The van der Waals surface area contributed by atoms with Gasteiger partial charge in [0.25, 0.3) is 0 Å². The minimum Gasteiger partial charge on any atom is -0.442 e. The van der Waals surface area contributed by atoms with E-state index in [9.17, 15) is 14.0 Å². The molecule has 0 spiro atoms. The van der Waals surface area contributed by atoms with Crippen LogP contribution >= 0.6 is 24.0 Å². The van der Waals surface area contributed by atoms with Gasteiger partial charge in [0.1, 0.15) is 11.9 Å². The molecule has 2 aromatic rings. The Kier molecular flexibility index (Phi) is 6.80. The average molecular weight is 475 g/mol. The number of nitrogens with zero attached hydrogens (tertiary/aromatic N) is 1. The van der Waals surface area contributed by atoms with Crippen molar-refractivity contribution >= 4 is 52.5 Å². The van der Waals surface area contributed by atoms with Gasteiger partial charge in [0.15, 0.2) is 5.11 Å². The number of halogens is 1. The van der Waals surface area contributed by atoms with Gasteiger partial charge in [-0.3, -0.25) is 9.69 Å². The van der Waals surface area contributed by atoms with E-state index in [0.29, 0.717) is 40.5 Å². The Morgan fingerprint density at radius 3 is 2.66 bits per heavy atom. The lowest BCUT2D eigenvalue weighted by Gasteiger charge is -2.15. The number of benzene rings is 2. The van der Waals surface area contributed by atoms with Crippen molar-refractivity contribution in [2.75, 3.05) is 23.3 Å². The second-order valence-electron chi connectivity index (χ2n) is 7.67. The van der Waals surface area contributed by atoms with Crippen LogP contribution in [-0.4, -0.2) is 42.3 Å². The van der Waals surface area contributed by atoms with Gasteiger partial charge in [0.2, 0.25) is 5.91 Å². The molecular formula is C22H23FN4O3S2. The molecule has 3 N–H and O–H groups in total. The number of nitrogens with one attached hydrogen (secondary N) is 3. The topological polar surface area (TPSA) is 82.7 Å². The van der Waals surface area contributed by atoms with Crippen LogP contribution in [0.4, 0.5) is 20.6 Å². The van der Waals surface area contributed by atoms with Crippen LogP contribution in [0.25, 0.3) is 0 Å². The third-order valence-corrected chi connectivity index (χ3v) is 6.23. The van der Waals surface area contributed by atoms with Crippen molar-refractivity contribution in [3.8, 4) is 0 Å². The number of cyclic esters (lactones) is 1. The van der Waals surface area contributed by atoms with Gasteiger partial charge >= 0.3 is 6.09 Å². The number of amides is 2. The number of rotatable bonds is 7. The van der Waals surface area contributed by atoms with Gasteiger partial charge in [-0.15, -0.1) is 0 Å². The highest BCUT2D eigenvalue weighted by atomic mass is 32.2. The predicted molar refractivity (Wildman–Crippen MR) is 126 cm³/mol. The molecule has 1 aliphatic heterocycles. The molecule has 7 nitrogen and oxygen atoms in total. The Morgan fingerprint density at radius 1 is 1.25 bits per heavy atom. The summed E-state index contributed by atoms with van der Waals surface area (Å²) in [5.41, 5.74) is 1.12. The second-order valence-corrected chi connectivity index (χ2v) is 9.19. The zero-order valence-electron chi connectivity index (χ0n) is 17.4. The van der Waals surface area contributed by atoms with Crippen LogP contribution in [0.5, 0.6) is 0 Å². The van der Waals surface area contributed by atoms with E-state index >= 15 is 0 Å². The van der Waals surface area contributed by atoms with Crippen molar-refractivity contribution in [3.63, 3.8) is 0 Å². The van der Waals surface area contributed by atoms with Crippen molar-refractivity contribution in [1.82, 2.24) is 10.6 Å². The van der Waals surface area contributed by atoms with E-state index in [0.717, 1.165) is 17.7 Å². The summed E-state index contributed by atoms with van der Waals surface area (Å²) in [5.74, 6) is -0.578. The van der Waals surface area contributed by atoms with Crippen molar-refractivity contribution in [2.24, 2.45) is 0 Å². The van der Waals surface area contributed by atoms with Gasteiger partial charge in [-0.2, -0.15) is 0 Å². The molecule has 2 aromatic carbocycles. The largest absolute Gasteiger partial charge is 0.442 e. The molecule has 1 saturated carbocycles. The van der Waals surface area contributed by atoms with E-state index < -0.39 is 11.9 Å². The normalized spacial score (nSPS) is 17.6. The molecule has 168 valence electrons. The maximum absolute atomic E-state index is 14.8. The molecule has 2 fully saturated rings. The molecule has 4 rings (SSSR count). The lowest BCUT2D eigenvalue weighted by molar-refractivity contribution is -0.114. The van der Waals surface area contributed by atoms with Crippen molar-refractivity contribution in [1.29, 1.82) is 0 Å². The maximum Gasteiger partial charge on any atom is 0.414 e. The molecular weight excluding hydrogens is 451 g/mol. The number of ether oxygens (including phenoxy) is 1. The second kappa shape index (κ2) is 9.74. The van der Waals surface area contributed by atoms with E-state index in [1.807, 2.05) is 0 Å². The standard InChI is InChI=1S/C22H23FN4O3S2/c1-13(28)25-14-4-7-18(8-5-14)32-20-9-6-16(10-19(20)23)27-12-17(30-22(27)29)11-24-21(31)26-15-2-3-15/h4-10,15,17H,2-3,11-12H2,1H3,(H,25,28)(H2,24,26,31)/t17-/m0/s1. The molecule has 1 heterocycles. The van der Waals surface area contributed by atoms with Gasteiger partial charge in [0, 0.05) is 28.4 Å². The molecule has 32 heavy (non-hydrogen) atoms. The summed E-state index contributed by atoms with van der Waals surface area (Å²) in [5, 5.41) is 9.49. The smallest absolute Gasteiger partial charge is 0.414 e. The highest BCUT2D eigenvalue weighted by Gasteiger charge is 2.33. The highest BCUT2D eigenvalue weighted by molar-refractivity contribution is 7.99. The number of carbonyl (C=O) groups is 2. The summed E-state index contributed by atoms with van der Waals surface area (Å²) < 4.78 is 20.1. The van der Waals surface area contributed by atoms with E-state index in [1.54, 1.807) is 36.4 Å². The SMILES string of the molecule is CC(=O)Nc1ccc(Sc2ccc(N3C[C@H](CNC(=S)NC4CC4)OC3=O)cc2F)cc1. The monoisotopic (exact) mass is 474 g/mol. The fourth-order valence-corrected chi connectivity index (χ4v) is 4.25. The lowest BCUT2D eigenvalue weighted by Crippen LogP contribution is -2.41. The van der Waals surface area contributed by atoms with Crippen LogP contribution in [0.3, 0.4) is 0 Å². The molecule has 0 aromatic heterocycles. The molecule has 0 radical (unpaired) electrons. The Morgan fingerprint density at radius 2 is 2.00 bits per heavy atom. The third kappa shape index (κ3) is 5.89. The summed E-state index contributed by atoms with van der Waals surface area (Å²) in [4.78, 5) is 26.1. The Labute approximate surface area is 195 Å². The Balaban J connectivity index is 1.34. The summed E-state index contributed by atoms with van der Waals surface area (Å²) in [6.07, 6.45) is 1.36. The fourth-order valence-electron chi connectivity index (χ4n) is 3.19. The van der Waals surface area contributed by atoms with Crippen LogP contribution in [0.2, 0.25) is 0 Å². The van der Waals surface area contributed by atoms with E-state index in [2.05, 4.69) is 16.0 Å². The summed E-state index contributed by atoms with van der Waals surface area (Å²) in [7, 11) is 0. The molecule has 10 heteroatoms. The van der Waals surface area contributed by atoms with E-state index in [1.165, 1.54) is 29.7 Å². The van der Waals surface area contributed by atoms with Gasteiger partial charge in [-0.05, 0) is 67.5 Å². The quantitative estimate of drug-likeness (QED) is 0.525. The van der Waals surface area contributed by atoms with Crippen molar-refractivity contribution in [3.05, 3.63) is 48.3 Å². The van der Waals surface area contributed by atoms with Gasteiger partial charge in [0.05, 0.1) is 18.8 Å². The number of hydrogen-bond acceptors (Lipinski definition) is 5. The summed E-state index contributed by atoms with van der Waals surface area (Å²) in [6.45, 7) is 2.15. The number of hydrogen-bond donors (Lipinski definition) is 3. The van der Waals surface area contributed by atoms with Crippen LogP contribution in [0.1, 0.15) is 19.8 Å². The fraction of sp³-hybridized carbons (Fsp3) is 0.318. The van der Waals surface area contributed by atoms with Crippen molar-refractivity contribution in [2.45, 2.75) is 41.7 Å². The minimum atomic E-state index is -0.508. The number of carbonyl (C=O) groups excluding carboxylic acids is 2.